The average molecular weight is 555 g/mol. The van der Waals surface area contributed by atoms with Crippen LogP contribution in [0, 0.1) is 0 Å². The van der Waals surface area contributed by atoms with E-state index < -0.39 is 0 Å². The lowest BCUT2D eigenvalue weighted by Crippen LogP contribution is -2.02. The molecule has 3 aliphatic carbocycles. The maximum atomic E-state index is 6.60. The van der Waals surface area contributed by atoms with E-state index in [1.165, 1.54) is 99.1 Å². The minimum Gasteiger partial charge on any atom is -0.122 e. The summed E-state index contributed by atoms with van der Waals surface area (Å²) in [6, 6.07) is 0. The molecule has 0 aromatic heterocycles. The van der Waals surface area contributed by atoms with E-state index in [9.17, 15) is 0 Å². The first-order chi connectivity index (χ1) is 16.1. The van der Waals surface area contributed by atoms with Crippen molar-refractivity contribution in [1.29, 1.82) is 0 Å². The van der Waals surface area contributed by atoms with Gasteiger partial charge in [0, 0.05) is 35.3 Å². The predicted octanol–water partition coefficient (Wildman–Crippen LogP) is 9.29. The van der Waals surface area contributed by atoms with Gasteiger partial charge in [0.15, 0.2) is 0 Å². The molecule has 3 aliphatic rings. The van der Waals surface area contributed by atoms with Crippen LogP contribution in [0.25, 0.3) is 32.3 Å². The van der Waals surface area contributed by atoms with Gasteiger partial charge in [-0.1, -0.05) is 0 Å². The Labute approximate surface area is 222 Å². The Kier molecular flexibility index (Phi) is 4.89. The molecule has 4 aromatic carbocycles. The average Bonchev–Trinajstić information content (AvgIpc) is 3.52. The molecule has 0 nitrogen and oxygen atoms in total. The molecular weight excluding hydrogens is 537 g/mol. The monoisotopic (exact) mass is 552 g/mol. The summed E-state index contributed by atoms with van der Waals surface area (Å²) in [6.45, 7) is 0. The molecule has 0 radical (unpaired) electrons. The second-order valence-corrected chi connectivity index (χ2v) is 10.9. The van der Waals surface area contributed by atoms with Crippen LogP contribution in [-0.4, -0.2) is 0 Å². The van der Waals surface area contributed by atoms with Crippen molar-refractivity contribution in [3.05, 3.63) is 66.8 Å². The Bertz CT molecular complexity index is 1260. The smallest absolute Gasteiger partial charge is 0.0480 e. The van der Waals surface area contributed by atoms with Crippen LogP contribution in [0.4, 0.5) is 0 Å². The summed E-state index contributed by atoms with van der Waals surface area (Å²) < 4.78 is 0. The fourth-order valence-electron chi connectivity index (χ4n) is 7.23. The molecule has 0 amide bonds. The van der Waals surface area contributed by atoms with Crippen molar-refractivity contribution < 1.29 is 0 Å². The van der Waals surface area contributed by atoms with E-state index in [4.69, 9.17) is 69.6 Å². The molecule has 0 unspecified atom stereocenters. The van der Waals surface area contributed by atoms with Gasteiger partial charge in [-0.15, -0.1) is 69.6 Å². The summed E-state index contributed by atoms with van der Waals surface area (Å²) >= 11 is 39.6. The maximum absolute atomic E-state index is 6.60. The fraction of sp³-hybridized carbons (Fsp3) is 0.333. The number of hydrogen-bond acceptors (Lipinski definition) is 0. The molecule has 7 rings (SSSR count). The summed E-state index contributed by atoms with van der Waals surface area (Å²) in [5.74, 6) is 2.73. The van der Waals surface area contributed by atoms with Crippen LogP contribution in [-0.2, 0) is 54.5 Å². The molecule has 0 N–H and O–H groups in total. The largest absolute Gasteiger partial charge is 0.122 e. The first-order valence-corrected chi connectivity index (χ1v) is 14.3. The molecule has 0 aliphatic heterocycles. The molecule has 0 heterocycles. The minimum atomic E-state index is 0.455. The van der Waals surface area contributed by atoms with Crippen molar-refractivity contribution >= 4 is 102 Å². The summed E-state index contributed by atoms with van der Waals surface area (Å²) in [7, 11) is 0. The lowest BCUT2D eigenvalue weighted by Gasteiger charge is -2.17. The van der Waals surface area contributed by atoms with Gasteiger partial charge in [0.25, 0.3) is 0 Å². The Morgan fingerprint density at radius 2 is 0.455 bits per heavy atom. The summed E-state index contributed by atoms with van der Waals surface area (Å²) in [5.41, 5.74) is 15.1. The third-order valence-electron chi connectivity index (χ3n) is 8.45. The third kappa shape index (κ3) is 2.35. The number of rotatable bonds is 6. The molecule has 168 valence electrons. The van der Waals surface area contributed by atoms with Crippen LogP contribution < -0.4 is 0 Å². The zero-order chi connectivity index (χ0) is 22.8. The van der Waals surface area contributed by atoms with E-state index in [0.29, 0.717) is 35.3 Å². The maximum Gasteiger partial charge on any atom is 0.0480 e. The van der Waals surface area contributed by atoms with Gasteiger partial charge in [-0.2, -0.15) is 0 Å². The van der Waals surface area contributed by atoms with Crippen molar-refractivity contribution in [2.45, 2.75) is 54.5 Å². The van der Waals surface area contributed by atoms with Gasteiger partial charge in [-0.3, -0.25) is 0 Å². The minimum absolute atomic E-state index is 0.455. The molecular formula is C27H18Cl6. The van der Waals surface area contributed by atoms with Gasteiger partial charge < -0.3 is 0 Å². The lowest BCUT2D eigenvalue weighted by atomic mass is 9.88. The van der Waals surface area contributed by atoms with E-state index in [1.807, 2.05) is 0 Å². The highest BCUT2D eigenvalue weighted by molar-refractivity contribution is 6.36. The predicted molar refractivity (Wildman–Crippen MR) is 145 cm³/mol. The third-order valence-corrected chi connectivity index (χ3v) is 10.1. The van der Waals surface area contributed by atoms with Crippen LogP contribution in [0.15, 0.2) is 0 Å². The number of benzene rings is 4. The Morgan fingerprint density at radius 1 is 0.303 bits per heavy atom. The summed E-state index contributed by atoms with van der Waals surface area (Å²) in [6.07, 6.45) is 2.52. The molecule has 4 aromatic rings. The molecule has 6 heteroatoms. The van der Waals surface area contributed by atoms with Crippen LogP contribution in [0.3, 0.4) is 0 Å². The van der Waals surface area contributed by atoms with Gasteiger partial charge in [-0.25, -0.2) is 0 Å². The van der Waals surface area contributed by atoms with Crippen molar-refractivity contribution in [3.63, 3.8) is 0 Å². The van der Waals surface area contributed by atoms with Crippen LogP contribution in [0.5, 0.6) is 0 Å². The SMILES string of the molecule is ClCc1c(CCl)c2c3c4c1Cc1c(CCl)c(CCl)c5c(c14)c1c(c(CCl)c(CCl)c(c31)C2)C5. The van der Waals surface area contributed by atoms with Crippen LogP contribution >= 0.6 is 69.6 Å². The number of alkyl halides is 6. The fourth-order valence-corrected chi connectivity index (χ4v) is 9.16. The van der Waals surface area contributed by atoms with Crippen LogP contribution in [0.1, 0.15) is 66.8 Å². The normalized spacial score (nSPS) is 14.7. The zero-order valence-electron chi connectivity index (χ0n) is 17.6. The van der Waals surface area contributed by atoms with Crippen LogP contribution in [0.2, 0.25) is 0 Å². The van der Waals surface area contributed by atoms with Gasteiger partial charge in [0.2, 0.25) is 0 Å². The molecule has 0 spiro atoms. The molecule has 0 bridgehead atoms. The van der Waals surface area contributed by atoms with Crippen molar-refractivity contribution in [2.75, 3.05) is 0 Å². The number of halogens is 6. The number of hydrogen-bond donors (Lipinski definition) is 0. The highest BCUT2D eigenvalue weighted by Gasteiger charge is 2.38. The summed E-state index contributed by atoms with van der Waals surface area (Å²) in [4.78, 5) is 0. The molecule has 0 saturated heterocycles. The zero-order valence-corrected chi connectivity index (χ0v) is 22.2. The highest BCUT2D eigenvalue weighted by atomic mass is 35.5. The first-order valence-electron chi connectivity index (χ1n) is 11.1. The van der Waals surface area contributed by atoms with E-state index in [2.05, 4.69) is 0 Å². The molecule has 0 fully saturated rings. The van der Waals surface area contributed by atoms with E-state index in [-0.39, 0.29) is 0 Å². The molecule has 0 saturated carbocycles. The molecule has 0 atom stereocenters. The van der Waals surface area contributed by atoms with Gasteiger partial charge in [-0.05, 0) is 118 Å². The van der Waals surface area contributed by atoms with Gasteiger partial charge in [0.1, 0.15) is 0 Å². The standard InChI is InChI=1S/C27H18Cl6/c28-4-16-10-1-11-17(5-29)19(7-31)13-3-15-21(9-33)20(8-32)14-2-12(18(16)6-30)24-22(10)23(11)25(13)27(15)26(14)24/h1-9H2. The highest BCUT2D eigenvalue weighted by Crippen LogP contribution is 2.58. The van der Waals surface area contributed by atoms with Gasteiger partial charge in [0.05, 0.1) is 0 Å². The second kappa shape index (κ2) is 7.45. The van der Waals surface area contributed by atoms with E-state index in [1.54, 1.807) is 0 Å². The van der Waals surface area contributed by atoms with Gasteiger partial charge >= 0.3 is 0 Å². The quantitative estimate of drug-likeness (QED) is 0.142. The van der Waals surface area contributed by atoms with E-state index >= 15 is 0 Å². The Hall–Kier alpha value is -0.600. The lowest BCUT2D eigenvalue weighted by molar-refractivity contribution is 1.10. The first kappa shape index (κ1) is 21.7. The summed E-state index contributed by atoms with van der Waals surface area (Å²) in [5, 5.41) is 8.20. The molecule has 33 heavy (non-hydrogen) atoms. The second-order valence-electron chi connectivity index (χ2n) is 9.32. The topological polar surface area (TPSA) is 0 Å². The van der Waals surface area contributed by atoms with E-state index in [0.717, 1.165) is 19.3 Å². The Balaban J connectivity index is 1.85. The van der Waals surface area contributed by atoms with Crippen molar-refractivity contribution in [1.82, 2.24) is 0 Å². The van der Waals surface area contributed by atoms with Crippen molar-refractivity contribution in [3.8, 4) is 0 Å². The van der Waals surface area contributed by atoms with Crippen molar-refractivity contribution in [2.24, 2.45) is 0 Å². The Morgan fingerprint density at radius 3 is 0.576 bits per heavy atom.